The zero-order chi connectivity index (χ0) is 13.5. The van der Waals surface area contributed by atoms with E-state index < -0.39 is 5.97 Å². The first-order valence-corrected chi connectivity index (χ1v) is 6.06. The fourth-order valence-electron chi connectivity index (χ4n) is 1.53. The standard InChI is InChI=1S/C14H19NO3/c1-10(2)12-5-3-11(4-6-12)9-15-13(16)7-8-14(17)18/h3-6,10H,7-9H2,1-2H3,(H,15,16)(H,17,18). The summed E-state index contributed by atoms with van der Waals surface area (Å²) < 4.78 is 0. The van der Waals surface area contributed by atoms with Crippen LogP contribution in [0.3, 0.4) is 0 Å². The van der Waals surface area contributed by atoms with E-state index >= 15 is 0 Å². The van der Waals surface area contributed by atoms with Gasteiger partial charge in [0.25, 0.3) is 0 Å². The minimum atomic E-state index is -0.952. The number of carbonyl (C=O) groups excluding carboxylic acids is 1. The first-order valence-electron chi connectivity index (χ1n) is 6.06. The average Bonchev–Trinajstić information content (AvgIpc) is 2.34. The lowest BCUT2D eigenvalue weighted by molar-refractivity contribution is -0.138. The van der Waals surface area contributed by atoms with Crippen LogP contribution in [0, 0.1) is 0 Å². The highest BCUT2D eigenvalue weighted by atomic mass is 16.4. The number of hydrogen-bond donors (Lipinski definition) is 2. The second-order valence-electron chi connectivity index (χ2n) is 4.57. The number of carbonyl (C=O) groups is 2. The van der Waals surface area contributed by atoms with E-state index in [4.69, 9.17) is 5.11 Å². The predicted molar refractivity (Wildman–Crippen MR) is 69.2 cm³/mol. The maximum Gasteiger partial charge on any atom is 0.303 e. The Morgan fingerprint density at radius 3 is 2.28 bits per heavy atom. The molecule has 0 fully saturated rings. The lowest BCUT2D eigenvalue weighted by atomic mass is 10.0. The Kier molecular flexibility index (Phi) is 5.36. The molecule has 0 bridgehead atoms. The third kappa shape index (κ3) is 4.99. The lowest BCUT2D eigenvalue weighted by Gasteiger charge is -2.08. The van der Waals surface area contributed by atoms with Gasteiger partial charge in [0.15, 0.2) is 0 Å². The number of rotatable bonds is 6. The van der Waals surface area contributed by atoms with Gasteiger partial charge in [-0.25, -0.2) is 0 Å². The Hall–Kier alpha value is -1.84. The summed E-state index contributed by atoms with van der Waals surface area (Å²) in [6, 6.07) is 8.05. The van der Waals surface area contributed by atoms with Gasteiger partial charge in [0.2, 0.25) is 5.91 Å². The highest BCUT2D eigenvalue weighted by Crippen LogP contribution is 2.14. The molecule has 2 N–H and O–H groups in total. The van der Waals surface area contributed by atoms with Crippen molar-refractivity contribution < 1.29 is 14.7 Å². The van der Waals surface area contributed by atoms with Crippen LogP contribution in [0.15, 0.2) is 24.3 Å². The number of carboxylic acid groups (broad SMARTS) is 1. The van der Waals surface area contributed by atoms with E-state index in [2.05, 4.69) is 19.2 Å². The summed E-state index contributed by atoms with van der Waals surface area (Å²) >= 11 is 0. The SMILES string of the molecule is CC(C)c1ccc(CNC(=O)CCC(=O)O)cc1. The zero-order valence-corrected chi connectivity index (χ0v) is 10.8. The van der Waals surface area contributed by atoms with Gasteiger partial charge in [0.1, 0.15) is 0 Å². The maximum absolute atomic E-state index is 11.3. The van der Waals surface area contributed by atoms with Gasteiger partial charge < -0.3 is 10.4 Å². The number of hydrogen-bond acceptors (Lipinski definition) is 2. The van der Waals surface area contributed by atoms with Gasteiger partial charge in [-0.1, -0.05) is 38.1 Å². The fourth-order valence-corrected chi connectivity index (χ4v) is 1.53. The highest BCUT2D eigenvalue weighted by molar-refractivity contribution is 5.80. The molecule has 0 saturated heterocycles. The molecule has 0 aliphatic rings. The molecule has 18 heavy (non-hydrogen) atoms. The summed E-state index contributed by atoms with van der Waals surface area (Å²) in [5.41, 5.74) is 2.28. The van der Waals surface area contributed by atoms with E-state index in [0.29, 0.717) is 12.5 Å². The molecule has 1 amide bonds. The molecule has 0 heterocycles. The van der Waals surface area contributed by atoms with Crippen LogP contribution in [-0.4, -0.2) is 17.0 Å². The average molecular weight is 249 g/mol. The van der Waals surface area contributed by atoms with Crippen molar-refractivity contribution in [1.82, 2.24) is 5.32 Å². The maximum atomic E-state index is 11.3. The second-order valence-corrected chi connectivity index (χ2v) is 4.57. The normalized spacial score (nSPS) is 10.4. The van der Waals surface area contributed by atoms with Gasteiger partial charge in [0.05, 0.1) is 6.42 Å². The molecule has 0 unspecified atom stereocenters. The molecular weight excluding hydrogens is 230 g/mol. The van der Waals surface area contributed by atoms with Crippen molar-refractivity contribution in [1.29, 1.82) is 0 Å². The number of benzene rings is 1. The van der Waals surface area contributed by atoms with Crippen LogP contribution in [0.1, 0.15) is 43.7 Å². The van der Waals surface area contributed by atoms with Gasteiger partial charge in [-0.05, 0) is 17.0 Å². The molecule has 0 radical (unpaired) electrons. The van der Waals surface area contributed by atoms with E-state index in [1.165, 1.54) is 5.56 Å². The Morgan fingerprint density at radius 1 is 1.17 bits per heavy atom. The van der Waals surface area contributed by atoms with E-state index in [-0.39, 0.29) is 18.7 Å². The Labute approximate surface area is 107 Å². The molecule has 4 nitrogen and oxygen atoms in total. The van der Waals surface area contributed by atoms with Crippen molar-refractivity contribution in [3.05, 3.63) is 35.4 Å². The van der Waals surface area contributed by atoms with Gasteiger partial charge >= 0.3 is 5.97 Å². The zero-order valence-electron chi connectivity index (χ0n) is 10.8. The first kappa shape index (κ1) is 14.2. The lowest BCUT2D eigenvalue weighted by Crippen LogP contribution is -2.23. The van der Waals surface area contributed by atoms with Gasteiger partial charge in [-0.3, -0.25) is 9.59 Å². The van der Waals surface area contributed by atoms with E-state index in [1.54, 1.807) is 0 Å². The molecule has 0 aliphatic heterocycles. The van der Waals surface area contributed by atoms with Crippen LogP contribution in [0.5, 0.6) is 0 Å². The third-order valence-electron chi connectivity index (χ3n) is 2.70. The molecule has 1 aromatic carbocycles. The number of aliphatic carboxylic acids is 1. The van der Waals surface area contributed by atoms with Gasteiger partial charge in [-0.2, -0.15) is 0 Å². The Bertz CT molecular complexity index is 410. The third-order valence-corrected chi connectivity index (χ3v) is 2.70. The fraction of sp³-hybridized carbons (Fsp3) is 0.429. The number of amides is 1. The predicted octanol–water partition coefficient (Wildman–Crippen LogP) is 2.29. The molecule has 0 aliphatic carbocycles. The van der Waals surface area contributed by atoms with Crippen molar-refractivity contribution >= 4 is 11.9 Å². The van der Waals surface area contributed by atoms with E-state index in [0.717, 1.165) is 5.56 Å². The van der Waals surface area contributed by atoms with Crippen molar-refractivity contribution in [2.45, 2.75) is 39.2 Å². The quantitative estimate of drug-likeness (QED) is 0.813. The largest absolute Gasteiger partial charge is 0.481 e. The van der Waals surface area contributed by atoms with Crippen LogP contribution in [0.2, 0.25) is 0 Å². The smallest absolute Gasteiger partial charge is 0.303 e. The van der Waals surface area contributed by atoms with Gasteiger partial charge in [0, 0.05) is 13.0 Å². The summed E-state index contributed by atoms with van der Waals surface area (Å²) in [6.45, 7) is 4.70. The number of nitrogens with one attached hydrogen (secondary N) is 1. The van der Waals surface area contributed by atoms with Crippen molar-refractivity contribution in [3.8, 4) is 0 Å². The van der Waals surface area contributed by atoms with Crippen LogP contribution in [0.25, 0.3) is 0 Å². The molecule has 0 spiro atoms. The summed E-state index contributed by atoms with van der Waals surface area (Å²) in [7, 11) is 0. The van der Waals surface area contributed by atoms with Crippen molar-refractivity contribution in [2.75, 3.05) is 0 Å². The Morgan fingerprint density at radius 2 is 1.78 bits per heavy atom. The first-order chi connectivity index (χ1) is 8.49. The molecule has 1 aromatic rings. The highest BCUT2D eigenvalue weighted by Gasteiger charge is 2.05. The molecule has 4 heteroatoms. The van der Waals surface area contributed by atoms with Crippen LogP contribution in [-0.2, 0) is 16.1 Å². The summed E-state index contributed by atoms with van der Waals surface area (Å²) in [5.74, 6) is -0.694. The monoisotopic (exact) mass is 249 g/mol. The van der Waals surface area contributed by atoms with Gasteiger partial charge in [-0.15, -0.1) is 0 Å². The molecule has 98 valence electrons. The summed E-state index contributed by atoms with van der Waals surface area (Å²) in [4.78, 5) is 21.6. The minimum absolute atomic E-state index is 0.0272. The molecular formula is C14H19NO3. The molecule has 0 atom stereocenters. The molecule has 1 rings (SSSR count). The molecule has 0 aromatic heterocycles. The topological polar surface area (TPSA) is 66.4 Å². The Balaban J connectivity index is 2.39. The van der Waals surface area contributed by atoms with Crippen LogP contribution in [0.4, 0.5) is 0 Å². The minimum Gasteiger partial charge on any atom is -0.481 e. The van der Waals surface area contributed by atoms with Crippen molar-refractivity contribution in [2.24, 2.45) is 0 Å². The van der Waals surface area contributed by atoms with Crippen LogP contribution < -0.4 is 5.32 Å². The summed E-state index contributed by atoms with van der Waals surface area (Å²) in [5, 5.41) is 11.2. The van der Waals surface area contributed by atoms with Crippen molar-refractivity contribution in [3.63, 3.8) is 0 Å². The van der Waals surface area contributed by atoms with Crippen LogP contribution >= 0.6 is 0 Å². The number of carboxylic acids is 1. The summed E-state index contributed by atoms with van der Waals surface area (Å²) in [6.07, 6.45) is -0.0997. The second kappa shape index (κ2) is 6.79. The van der Waals surface area contributed by atoms with E-state index in [9.17, 15) is 9.59 Å². The molecule has 0 saturated carbocycles. The van der Waals surface area contributed by atoms with E-state index in [1.807, 2.05) is 24.3 Å².